The normalized spacial score (nSPS) is 16.4. The minimum absolute atomic E-state index is 0.318. The second-order valence-corrected chi connectivity index (χ2v) is 7.65. The maximum Gasteiger partial charge on any atom is 0.118 e. The number of hydrogen-bond donors (Lipinski definition) is 0. The molecule has 0 N–H and O–H groups in total. The SMILES string of the molecule is COc1ccc(CN(Cc2cncn2Cc2ccccc2)CC2CCCO2)cc1. The van der Waals surface area contributed by atoms with E-state index in [-0.39, 0.29) is 0 Å². The summed E-state index contributed by atoms with van der Waals surface area (Å²) in [6, 6.07) is 18.9. The molecule has 1 fully saturated rings. The number of nitrogens with zero attached hydrogens (tertiary/aromatic N) is 3. The molecular weight excluding hydrogens is 362 g/mol. The van der Waals surface area contributed by atoms with Crippen LogP contribution in [0, 0.1) is 0 Å². The molecule has 0 spiro atoms. The van der Waals surface area contributed by atoms with Crippen LogP contribution in [0.15, 0.2) is 67.1 Å². The molecule has 1 saturated heterocycles. The van der Waals surface area contributed by atoms with Crippen molar-refractivity contribution in [2.75, 3.05) is 20.3 Å². The Morgan fingerprint density at radius 1 is 1.07 bits per heavy atom. The van der Waals surface area contributed by atoms with Gasteiger partial charge in [-0.15, -0.1) is 0 Å². The third-order valence-corrected chi connectivity index (χ3v) is 5.43. The number of hydrogen-bond acceptors (Lipinski definition) is 4. The Morgan fingerprint density at radius 2 is 1.90 bits per heavy atom. The highest BCUT2D eigenvalue weighted by Crippen LogP contribution is 2.19. The maximum atomic E-state index is 5.92. The molecule has 1 aliphatic heterocycles. The van der Waals surface area contributed by atoms with Crippen LogP contribution in [0.25, 0.3) is 0 Å². The fourth-order valence-electron chi connectivity index (χ4n) is 3.88. The second-order valence-electron chi connectivity index (χ2n) is 7.65. The molecule has 0 bridgehead atoms. The fourth-order valence-corrected chi connectivity index (χ4v) is 3.88. The maximum absolute atomic E-state index is 5.92. The van der Waals surface area contributed by atoms with E-state index in [0.717, 1.165) is 51.4 Å². The first-order chi connectivity index (χ1) is 14.3. The third-order valence-electron chi connectivity index (χ3n) is 5.43. The van der Waals surface area contributed by atoms with Gasteiger partial charge in [-0.25, -0.2) is 4.98 Å². The first kappa shape index (κ1) is 19.7. The molecule has 0 aliphatic carbocycles. The topological polar surface area (TPSA) is 39.5 Å². The lowest BCUT2D eigenvalue weighted by Gasteiger charge is -2.26. The van der Waals surface area contributed by atoms with Crippen molar-refractivity contribution in [1.29, 1.82) is 0 Å². The Hall–Kier alpha value is -2.63. The standard InChI is InChI=1S/C24H29N3O2/c1-28-23-11-9-21(10-12-23)15-26(18-24-8-5-13-29-24)17-22-14-25-19-27(22)16-20-6-3-2-4-7-20/h2-4,6-7,9-12,14,19,24H,5,8,13,15-18H2,1H3. The lowest BCUT2D eigenvalue weighted by Crippen LogP contribution is -2.32. The van der Waals surface area contributed by atoms with E-state index in [4.69, 9.17) is 9.47 Å². The summed E-state index contributed by atoms with van der Waals surface area (Å²) >= 11 is 0. The summed E-state index contributed by atoms with van der Waals surface area (Å²) in [4.78, 5) is 6.89. The van der Waals surface area contributed by atoms with Crippen LogP contribution in [-0.2, 0) is 24.4 Å². The van der Waals surface area contributed by atoms with Crippen molar-refractivity contribution < 1.29 is 9.47 Å². The van der Waals surface area contributed by atoms with Gasteiger partial charge in [0, 0.05) is 39.0 Å². The van der Waals surface area contributed by atoms with Crippen molar-refractivity contribution in [3.05, 3.63) is 83.9 Å². The van der Waals surface area contributed by atoms with Crippen molar-refractivity contribution in [2.24, 2.45) is 0 Å². The van der Waals surface area contributed by atoms with Gasteiger partial charge in [-0.3, -0.25) is 4.90 Å². The molecule has 2 heterocycles. The molecule has 152 valence electrons. The van der Waals surface area contributed by atoms with Crippen LogP contribution in [0.3, 0.4) is 0 Å². The quantitative estimate of drug-likeness (QED) is 0.550. The Balaban J connectivity index is 1.48. The van der Waals surface area contributed by atoms with Crippen LogP contribution >= 0.6 is 0 Å². The third kappa shape index (κ3) is 5.46. The van der Waals surface area contributed by atoms with Gasteiger partial charge in [-0.1, -0.05) is 42.5 Å². The van der Waals surface area contributed by atoms with E-state index >= 15 is 0 Å². The summed E-state index contributed by atoms with van der Waals surface area (Å²) in [7, 11) is 1.70. The predicted molar refractivity (Wildman–Crippen MR) is 114 cm³/mol. The van der Waals surface area contributed by atoms with Gasteiger partial charge in [0.2, 0.25) is 0 Å². The molecule has 1 atom stereocenters. The van der Waals surface area contributed by atoms with Gasteiger partial charge in [0.15, 0.2) is 0 Å². The number of imidazole rings is 1. The monoisotopic (exact) mass is 391 g/mol. The Bertz CT molecular complexity index is 871. The van der Waals surface area contributed by atoms with Crippen molar-refractivity contribution in [2.45, 2.75) is 38.6 Å². The molecule has 2 aromatic carbocycles. The Kier molecular flexibility index (Phi) is 6.60. The molecule has 4 rings (SSSR count). The van der Waals surface area contributed by atoms with E-state index in [1.165, 1.54) is 16.8 Å². The molecule has 5 nitrogen and oxygen atoms in total. The lowest BCUT2D eigenvalue weighted by molar-refractivity contribution is 0.0671. The zero-order valence-corrected chi connectivity index (χ0v) is 17.0. The van der Waals surface area contributed by atoms with E-state index in [1.54, 1.807) is 7.11 Å². The zero-order valence-electron chi connectivity index (χ0n) is 17.0. The van der Waals surface area contributed by atoms with Crippen LogP contribution in [0.5, 0.6) is 5.75 Å². The summed E-state index contributed by atoms with van der Waals surface area (Å²) in [6.07, 6.45) is 6.54. The summed E-state index contributed by atoms with van der Waals surface area (Å²) in [5, 5.41) is 0. The van der Waals surface area contributed by atoms with E-state index < -0.39 is 0 Å². The van der Waals surface area contributed by atoms with Gasteiger partial charge in [-0.05, 0) is 36.1 Å². The molecule has 0 radical (unpaired) electrons. The van der Waals surface area contributed by atoms with Crippen LogP contribution < -0.4 is 4.74 Å². The van der Waals surface area contributed by atoms with Gasteiger partial charge in [-0.2, -0.15) is 0 Å². The number of ether oxygens (including phenoxy) is 2. The van der Waals surface area contributed by atoms with Gasteiger partial charge in [0.25, 0.3) is 0 Å². The van der Waals surface area contributed by atoms with Gasteiger partial charge in [0.05, 0.1) is 25.2 Å². The molecule has 29 heavy (non-hydrogen) atoms. The number of benzene rings is 2. The van der Waals surface area contributed by atoms with E-state index in [1.807, 2.05) is 24.7 Å². The minimum Gasteiger partial charge on any atom is -0.497 e. The van der Waals surface area contributed by atoms with Crippen molar-refractivity contribution >= 4 is 0 Å². The highest BCUT2D eigenvalue weighted by atomic mass is 16.5. The average molecular weight is 392 g/mol. The van der Waals surface area contributed by atoms with E-state index in [0.29, 0.717) is 6.10 Å². The first-order valence-corrected chi connectivity index (χ1v) is 10.3. The van der Waals surface area contributed by atoms with Crippen LogP contribution in [0.1, 0.15) is 29.7 Å². The van der Waals surface area contributed by atoms with Crippen molar-refractivity contribution in [1.82, 2.24) is 14.5 Å². The zero-order chi connectivity index (χ0) is 19.9. The summed E-state index contributed by atoms with van der Waals surface area (Å²) in [6.45, 7) is 4.38. The molecule has 0 saturated carbocycles. The second kappa shape index (κ2) is 9.72. The first-order valence-electron chi connectivity index (χ1n) is 10.3. The van der Waals surface area contributed by atoms with Gasteiger partial charge >= 0.3 is 0 Å². The molecule has 3 aromatic rings. The summed E-state index contributed by atoms with van der Waals surface area (Å²) in [5.74, 6) is 0.889. The highest BCUT2D eigenvalue weighted by Gasteiger charge is 2.20. The molecule has 0 amide bonds. The molecule has 5 heteroatoms. The summed E-state index contributed by atoms with van der Waals surface area (Å²) in [5.41, 5.74) is 3.78. The van der Waals surface area contributed by atoms with Crippen LogP contribution in [0.4, 0.5) is 0 Å². The number of rotatable bonds is 9. The fraction of sp³-hybridized carbons (Fsp3) is 0.375. The summed E-state index contributed by atoms with van der Waals surface area (Å²) < 4.78 is 13.5. The Labute approximate surface area is 172 Å². The van der Waals surface area contributed by atoms with E-state index in [2.05, 4.69) is 56.9 Å². The largest absolute Gasteiger partial charge is 0.497 e. The number of methoxy groups -OCH3 is 1. The molecular formula is C24H29N3O2. The van der Waals surface area contributed by atoms with Gasteiger partial charge in [0.1, 0.15) is 5.75 Å². The molecule has 1 aromatic heterocycles. The van der Waals surface area contributed by atoms with Crippen LogP contribution in [0.2, 0.25) is 0 Å². The highest BCUT2D eigenvalue weighted by molar-refractivity contribution is 5.27. The number of aromatic nitrogens is 2. The minimum atomic E-state index is 0.318. The van der Waals surface area contributed by atoms with E-state index in [9.17, 15) is 0 Å². The average Bonchev–Trinajstić information content (AvgIpc) is 3.42. The van der Waals surface area contributed by atoms with Crippen LogP contribution in [-0.4, -0.2) is 40.8 Å². The molecule has 1 aliphatic rings. The molecule has 1 unspecified atom stereocenters. The lowest BCUT2D eigenvalue weighted by atomic mass is 10.1. The smallest absolute Gasteiger partial charge is 0.118 e. The van der Waals surface area contributed by atoms with Gasteiger partial charge < -0.3 is 14.0 Å². The Morgan fingerprint density at radius 3 is 2.62 bits per heavy atom. The predicted octanol–water partition coefficient (Wildman–Crippen LogP) is 4.12. The van der Waals surface area contributed by atoms with Crippen molar-refractivity contribution in [3.8, 4) is 5.75 Å². The van der Waals surface area contributed by atoms with Crippen molar-refractivity contribution in [3.63, 3.8) is 0 Å².